The highest BCUT2D eigenvalue weighted by Crippen LogP contribution is 2.11. The summed E-state index contributed by atoms with van der Waals surface area (Å²) in [5.41, 5.74) is 0. The van der Waals surface area contributed by atoms with Crippen LogP contribution in [0.1, 0.15) is 32.6 Å². The second-order valence-electron chi connectivity index (χ2n) is 4.22. The molecule has 0 aromatic heterocycles. The summed E-state index contributed by atoms with van der Waals surface area (Å²) >= 11 is 0. The molecule has 1 amide bonds. The lowest BCUT2D eigenvalue weighted by molar-refractivity contribution is -0.130. The number of aliphatic hydroxyl groups excluding tert-OH is 1. The minimum atomic E-state index is -0.222. The van der Waals surface area contributed by atoms with Crippen molar-refractivity contribution in [2.75, 3.05) is 19.8 Å². The molecule has 0 aromatic carbocycles. The van der Waals surface area contributed by atoms with Crippen LogP contribution in [0.3, 0.4) is 0 Å². The third-order valence-corrected chi connectivity index (χ3v) is 2.71. The Morgan fingerprint density at radius 3 is 3.07 bits per heavy atom. The Bertz CT molecular complexity index is 190. The lowest BCUT2D eigenvalue weighted by Crippen LogP contribution is -2.34. The molecule has 0 saturated carbocycles. The highest BCUT2D eigenvalue weighted by molar-refractivity contribution is 5.80. The van der Waals surface area contributed by atoms with Gasteiger partial charge in [0.05, 0.1) is 0 Å². The predicted octanol–water partition coefficient (Wildman–Crippen LogP) is 0.690. The molecule has 4 heteroatoms. The zero-order valence-electron chi connectivity index (χ0n) is 9.37. The zero-order chi connectivity index (χ0) is 11.1. The summed E-state index contributed by atoms with van der Waals surface area (Å²) in [6.45, 7) is 3.62. The lowest BCUT2D eigenvalue weighted by atomic mass is 10.1. The lowest BCUT2D eigenvalue weighted by Gasteiger charge is -2.11. The molecule has 4 nitrogen and oxygen atoms in total. The van der Waals surface area contributed by atoms with Gasteiger partial charge in [-0.05, 0) is 31.6 Å². The van der Waals surface area contributed by atoms with Crippen molar-refractivity contribution >= 4 is 5.91 Å². The van der Waals surface area contributed by atoms with Crippen LogP contribution >= 0.6 is 0 Å². The normalized spacial score (nSPS) is 22.7. The predicted molar refractivity (Wildman–Crippen MR) is 57.5 cm³/mol. The van der Waals surface area contributed by atoms with Crippen molar-refractivity contribution in [1.29, 1.82) is 0 Å². The van der Waals surface area contributed by atoms with Gasteiger partial charge in [-0.15, -0.1) is 0 Å². The van der Waals surface area contributed by atoms with E-state index in [9.17, 15) is 4.79 Å². The summed E-state index contributed by atoms with van der Waals surface area (Å²) in [4.78, 5) is 11.5. The maximum Gasteiger partial charge on any atom is 0.249 e. The van der Waals surface area contributed by atoms with Crippen LogP contribution in [0, 0.1) is 5.92 Å². The first-order valence-electron chi connectivity index (χ1n) is 5.74. The average Bonchev–Trinajstić information content (AvgIpc) is 2.77. The SMILES string of the molecule is CC(CO)CCCNC(=O)[C@@H]1CCCO1. The molecule has 1 heterocycles. The second-order valence-corrected chi connectivity index (χ2v) is 4.22. The number of amides is 1. The van der Waals surface area contributed by atoms with E-state index in [4.69, 9.17) is 9.84 Å². The van der Waals surface area contributed by atoms with Gasteiger partial charge in [0.15, 0.2) is 0 Å². The Balaban J connectivity index is 2.01. The summed E-state index contributed by atoms with van der Waals surface area (Å²) < 4.78 is 5.26. The quantitative estimate of drug-likeness (QED) is 0.641. The van der Waals surface area contributed by atoms with Crippen LogP contribution < -0.4 is 5.32 Å². The van der Waals surface area contributed by atoms with Crippen molar-refractivity contribution in [3.63, 3.8) is 0 Å². The third kappa shape index (κ3) is 4.62. The first-order valence-corrected chi connectivity index (χ1v) is 5.74. The Labute approximate surface area is 91.0 Å². The molecule has 0 bridgehead atoms. The Morgan fingerprint density at radius 1 is 1.67 bits per heavy atom. The molecule has 0 aliphatic carbocycles. The van der Waals surface area contributed by atoms with Crippen LogP contribution in [0.2, 0.25) is 0 Å². The van der Waals surface area contributed by atoms with E-state index in [1.54, 1.807) is 0 Å². The molecule has 2 N–H and O–H groups in total. The highest BCUT2D eigenvalue weighted by atomic mass is 16.5. The van der Waals surface area contributed by atoms with Gasteiger partial charge < -0.3 is 15.2 Å². The average molecular weight is 215 g/mol. The van der Waals surface area contributed by atoms with Crippen molar-refractivity contribution < 1.29 is 14.6 Å². The molecule has 0 aromatic rings. The van der Waals surface area contributed by atoms with Gasteiger partial charge in [0.1, 0.15) is 6.10 Å². The van der Waals surface area contributed by atoms with Gasteiger partial charge >= 0.3 is 0 Å². The summed E-state index contributed by atoms with van der Waals surface area (Å²) in [6.07, 6.45) is 3.47. The van der Waals surface area contributed by atoms with E-state index in [2.05, 4.69) is 5.32 Å². The van der Waals surface area contributed by atoms with Gasteiger partial charge in [-0.25, -0.2) is 0 Å². The monoisotopic (exact) mass is 215 g/mol. The molecule has 88 valence electrons. The maximum absolute atomic E-state index is 11.5. The van der Waals surface area contributed by atoms with E-state index < -0.39 is 0 Å². The third-order valence-electron chi connectivity index (χ3n) is 2.71. The topological polar surface area (TPSA) is 58.6 Å². The summed E-state index contributed by atoms with van der Waals surface area (Å²) in [5.74, 6) is 0.341. The van der Waals surface area contributed by atoms with Gasteiger partial charge in [0, 0.05) is 19.8 Å². The maximum atomic E-state index is 11.5. The minimum absolute atomic E-state index is 0.0177. The van der Waals surface area contributed by atoms with Crippen LogP contribution in [-0.2, 0) is 9.53 Å². The van der Waals surface area contributed by atoms with E-state index >= 15 is 0 Å². The van der Waals surface area contributed by atoms with Crippen molar-refractivity contribution in [2.24, 2.45) is 5.92 Å². The minimum Gasteiger partial charge on any atom is -0.396 e. The Morgan fingerprint density at radius 2 is 2.47 bits per heavy atom. The van der Waals surface area contributed by atoms with E-state index in [1.165, 1.54) is 0 Å². The number of carbonyl (C=O) groups is 1. The van der Waals surface area contributed by atoms with E-state index in [0.29, 0.717) is 19.1 Å². The highest BCUT2D eigenvalue weighted by Gasteiger charge is 2.22. The summed E-state index contributed by atoms with van der Waals surface area (Å²) in [7, 11) is 0. The molecule has 0 radical (unpaired) electrons. The molecular formula is C11H21NO3. The smallest absolute Gasteiger partial charge is 0.249 e. The van der Waals surface area contributed by atoms with Crippen molar-refractivity contribution in [1.82, 2.24) is 5.32 Å². The molecule has 1 unspecified atom stereocenters. The summed E-state index contributed by atoms with van der Waals surface area (Å²) in [6, 6.07) is 0. The number of nitrogens with one attached hydrogen (secondary N) is 1. The molecule has 2 atom stereocenters. The molecule has 1 fully saturated rings. The first-order chi connectivity index (χ1) is 7.24. The van der Waals surface area contributed by atoms with E-state index in [0.717, 1.165) is 25.7 Å². The van der Waals surface area contributed by atoms with Crippen molar-refractivity contribution in [3.8, 4) is 0 Å². The van der Waals surface area contributed by atoms with E-state index in [1.807, 2.05) is 6.92 Å². The standard InChI is InChI=1S/C11H21NO3/c1-9(8-13)4-2-6-12-11(14)10-5-3-7-15-10/h9-10,13H,2-8H2,1H3,(H,12,14)/t9?,10-/m0/s1. The Hall–Kier alpha value is -0.610. The number of carbonyl (C=O) groups excluding carboxylic acids is 1. The number of hydrogen-bond acceptors (Lipinski definition) is 3. The van der Waals surface area contributed by atoms with Crippen LogP contribution in [0.15, 0.2) is 0 Å². The molecular weight excluding hydrogens is 194 g/mol. The molecule has 1 saturated heterocycles. The van der Waals surface area contributed by atoms with Gasteiger partial charge in [0.2, 0.25) is 5.91 Å². The zero-order valence-corrected chi connectivity index (χ0v) is 9.37. The fraction of sp³-hybridized carbons (Fsp3) is 0.909. The van der Waals surface area contributed by atoms with Gasteiger partial charge in [0.25, 0.3) is 0 Å². The van der Waals surface area contributed by atoms with Crippen molar-refractivity contribution in [2.45, 2.75) is 38.7 Å². The van der Waals surface area contributed by atoms with Crippen LogP contribution in [-0.4, -0.2) is 36.9 Å². The number of aliphatic hydroxyl groups is 1. The van der Waals surface area contributed by atoms with Gasteiger partial charge in [-0.3, -0.25) is 4.79 Å². The van der Waals surface area contributed by atoms with Crippen LogP contribution in [0.25, 0.3) is 0 Å². The van der Waals surface area contributed by atoms with Crippen LogP contribution in [0.4, 0.5) is 0 Å². The number of hydrogen-bond donors (Lipinski definition) is 2. The van der Waals surface area contributed by atoms with Crippen molar-refractivity contribution in [3.05, 3.63) is 0 Å². The Kier molecular flexibility index (Phi) is 5.65. The molecule has 15 heavy (non-hydrogen) atoms. The van der Waals surface area contributed by atoms with Gasteiger partial charge in [-0.1, -0.05) is 6.92 Å². The first kappa shape index (κ1) is 12.5. The molecule has 1 aliphatic heterocycles. The number of ether oxygens (including phenoxy) is 1. The fourth-order valence-corrected chi connectivity index (χ4v) is 1.65. The molecule has 1 rings (SSSR count). The molecule has 1 aliphatic rings. The summed E-state index contributed by atoms with van der Waals surface area (Å²) in [5, 5.41) is 11.7. The molecule has 0 spiro atoms. The second kappa shape index (κ2) is 6.80. The largest absolute Gasteiger partial charge is 0.396 e. The van der Waals surface area contributed by atoms with Crippen LogP contribution in [0.5, 0.6) is 0 Å². The van der Waals surface area contributed by atoms with Gasteiger partial charge in [-0.2, -0.15) is 0 Å². The fourth-order valence-electron chi connectivity index (χ4n) is 1.65. The van der Waals surface area contributed by atoms with E-state index in [-0.39, 0.29) is 18.6 Å². The number of rotatable bonds is 6.